The number of nitrogens with zero attached hydrogens (tertiary/aromatic N) is 2. The summed E-state index contributed by atoms with van der Waals surface area (Å²) in [7, 11) is 0. The molecule has 1 aliphatic heterocycles. The lowest BCUT2D eigenvalue weighted by molar-refractivity contribution is -0.122. The monoisotopic (exact) mass is 491 g/mol. The number of amides is 4. The van der Waals surface area contributed by atoms with Gasteiger partial charge in [0.05, 0.1) is 5.69 Å². The van der Waals surface area contributed by atoms with Crippen LogP contribution in [0.2, 0.25) is 0 Å². The third-order valence-corrected chi connectivity index (χ3v) is 7.03. The summed E-state index contributed by atoms with van der Waals surface area (Å²) in [6.07, 6.45) is 4.51. The number of aryl methyl sites for hydroxylation is 1. The molecule has 6 heteroatoms. The van der Waals surface area contributed by atoms with Crippen molar-refractivity contribution in [2.75, 3.05) is 4.90 Å². The molecule has 0 saturated carbocycles. The van der Waals surface area contributed by atoms with E-state index in [1.165, 1.54) is 5.56 Å². The second-order valence-electron chi connectivity index (χ2n) is 9.57. The van der Waals surface area contributed by atoms with Crippen molar-refractivity contribution in [3.05, 3.63) is 107 Å². The summed E-state index contributed by atoms with van der Waals surface area (Å²) in [6, 6.07) is 22.8. The third-order valence-electron chi connectivity index (χ3n) is 7.03. The van der Waals surface area contributed by atoms with E-state index in [0.717, 1.165) is 38.9 Å². The van der Waals surface area contributed by atoms with Gasteiger partial charge in [-0.2, -0.15) is 0 Å². The molecule has 5 rings (SSSR count). The number of para-hydroxylation sites is 1. The molecule has 1 atom stereocenters. The van der Waals surface area contributed by atoms with Crippen LogP contribution in [-0.4, -0.2) is 22.4 Å². The van der Waals surface area contributed by atoms with Gasteiger partial charge in [-0.25, -0.2) is 9.69 Å². The Morgan fingerprint density at radius 1 is 0.919 bits per heavy atom. The number of nitrogens with one attached hydrogen (secondary N) is 1. The summed E-state index contributed by atoms with van der Waals surface area (Å²) in [5, 5.41) is 3.25. The predicted molar refractivity (Wildman–Crippen MR) is 146 cm³/mol. The zero-order valence-electron chi connectivity index (χ0n) is 21.2. The molecule has 37 heavy (non-hydrogen) atoms. The zero-order chi connectivity index (χ0) is 26.1. The van der Waals surface area contributed by atoms with E-state index in [1.54, 1.807) is 18.2 Å². The number of carbonyl (C=O) groups is 3. The van der Waals surface area contributed by atoms with Gasteiger partial charge in [0.15, 0.2) is 0 Å². The molecule has 4 amide bonds. The van der Waals surface area contributed by atoms with Crippen LogP contribution in [0, 0.1) is 6.92 Å². The van der Waals surface area contributed by atoms with Gasteiger partial charge in [0.25, 0.3) is 11.8 Å². The third kappa shape index (κ3) is 4.70. The van der Waals surface area contributed by atoms with Crippen LogP contribution in [0.25, 0.3) is 17.0 Å². The predicted octanol–water partition coefficient (Wildman–Crippen LogP) is 6.18. The largest absolute Gasteiger partial charge is 0.342 e. The summed E-state index contributed by atoms with van der Waals surface area (Å²) < 4.78 is 2.11. The van der Waals surface area contributed by atoms with E-state index in [9.17, 15) is 14.4 Å². The number of urea groups is 1. The standard InChI is InChI=1S/C31H29N3O3/c1-4-21(3)23-13-15-25(16-14-23)34-30(36)27(29(35)32-31(34)37)17-24-19-33(28-8-6-5-7-26(24)28)18-22-11-9-20(2)10-12-22/h5-17,19,21H,4,18H2,1-3H3,(H,32,35,37)/b27-17+/t21-/m0/s1. The highest BCUT2D eigenvalue weighted by molar-refractivity contribution is 6.39. The minimum absolute atomic E-state index is 0.0798. The molecule has 0 aliphatic carbocycles. The highest BCUT2D eigenvalue weighted by atomic mass is 16.2. The number of hydrogen-bond acceptors (Lipinski definition) is 3. The van der Waals surface area contributed by atoms with Crippen LogP contribution in [-0.2, 0) is 16.1 Å². The lowest BCUT2D eigenvalue weighted by atomic mass is 9.98. The van der Waals surface area contributed by atoms with Gasteiger partial charge in [0, 0.05) is 29.2 Å². The summed E-state index contributed by atoms with van der Waals surface area (Å²) >= 11 is 0. The first-order valence-corrected chi connectivity index (χ1v) is 12.5. The van der Waals surface area contributed by atoms with Crippen molar-refractivity contribution >= 4 is 40.5 Å². The highest BCUT2D eigenvalue weighted by Gasteiger charge is 2.37. The maximum absolute atomic E-state index is 13.5. The quantitative estimate of drug-likeness (QED) is 0.259. The van der Waals surface area contributed by atoms with Gasteiger partial charge in [-0.3, -0.25) is 14.9 Å². The first-order chi connectivity index (χ1) is 17.9. The van der Waals surface area contributed by atoms with Crippen LogP contribution < -0.4 is 10.2 Å². The maximum Gasteiger partial charge on any atom is 0.335 e. The fraction of sp³-hybridized carbons (Fsp3) is 0.194. The average molecular weight is 492 g/mol. The molecule has 1 fully saturated rings. The lowest BCUT2D eigenvalue weighted by Crippen LogP contribution is -2.54. The van der Waals surface area contributed by atoms with E-state index >= 15 is 0 Å². The van der Waals surface area contributed by atoms with E-state index in [1.807, 2.05) is 42.6 Å². The van der Waals surface area contributed by atoms with E-state index < -0.39 is 17.8 Å². The van der Waals surface area contributed by atoms with Gasteiger partial charge in [-0.15, -0.1) is 0 Å². The molecule has 1 aliphatic rings. The Hall–Kier alpha value is -4.45. The van der Waals surface area contributed by atoms with Gasteiger partial charge < -0.3 is 4.57 Å². The van der Waals surface area contributed by atoms with Crippen molar-refractivity contribution < 1.29 is 14.4 Å². The molecule has 0 unspecified atom stereocenters. The molecular formula is C31H29N3O3. The molecule has 1 aromatic heterocycles. The Balaban J connectivity index is 1.51. The van der Waals surface area contributed by atoms with Crippen molar-refractivity contribution in [1.82, 2.24) is 9.88 Å². The highest BCUT2D eigenvalue weighted by Crippen LogP contribution is 2.28. The van der Waals surface area contributed by atoms with E-state index in [0.29, 0.717) is 18.2 Å². The van der Waals surface area contributed by atoms with Crippen LogP contribution in [0.1, 0.15) is 48.4 Å². The molecule has 0 bridgehead atoms. The Morgan fingerprint density at radius 2 is 1.62 bits per heavy atom. The molecule has 6 nitrogen and oxygen atoms in total. The Bertz CT molecular complexity index is 1530. The number of fused-ring (bicyclic) bond motifs is 1. The minimum atomic E-state index is -0.745. The second-order valence-corrected chi connectivity index (χ2v) is 9.57. The SMILES string of the molecule is CC[C@H](C)c1ccc(N2C(=O)NC(=O)/C(=C\c3cn(Cc4ccc(C)cc4)c4ccccc34)C2=O)cc1. The number of barbiturate groups is 1. The fourth-order valence-electron chi connectivity index (χ4n) is 4.65. The van der Waals surface area contributed by atoms with Crippen LogP contribution in [0.4, 0.5) is 10.5 Å². The number of rotatable bonds is 6. The van der Waals surface area contributed by atoms with Crippen LogP contribution >= 0.6 is 0 Å². The summed E-state index contributed by atoms with van der Waals surface area (Å²) in [5.74, 6) is -0.965. The zero-order valence-corrected chi connectivity index (χ0v) is 21.2. The van der Waals surface area contributed by atoms with E-state index in [4.69, 9.17) is 0 Å². The average Bonchev–Trinajstić information content (AvgIpc) is 3.24. The topological polar surface area (TPSA) is 71.4 Å². The first kappa shape index (κ1) is 24.3. The summed E-state index contributed by atoms with van der Waals surface area (Å²) in [5.41, 5.74) is 5.55. The normalized spacial score (nSPS) is 15.9. The molecule has 186 valence electrons. The van der Waals surface area contributed by atoms with Crippen molar-refractivity contribution in [2.24, 2.45) is 0 Å². The molecule has 0 radical (unpaired) electrons. The van der Waals surface area contributed by atoms with Crippen LogP contribution in [0.5, 0.6) is 0 Å². The van der Waals surface area contributed by atoms with E-state index in [-0.39, 0.29) is 5.57 Å². The summed E-state index contributed by atoms with van der Waals surface area (Å²) in [6.45, 7) is 6.94. The smallest absolute Gasteiger partial charge is 0.335 e. The number of imide groups is 2. The van der Waals surface area contributed by atoms with Gasteiger partial charge in [-0.05, 0) is 54.7 Å². The Labute approximate surface area is 216 Å². The number of aromatic nitrogens is 1. The number of benzene rings is 3. The fourth-order valence-corrected chi connectivity index (χ4v) is 4.65. The Kier molecular flexibility index (Phi) is 6.49. The Morgan fingerprint density at radius 3 is 2.32 bits per heavy atom. The molecule has 0 spiro atoms. The second kappa shape index (κ2) is 9.90. The molecule has 1 saturated heterocycles. The first-order valence-electron chi connectivity index (χ1n) is 12.5. The van der Waals surface area contributed by atoms with E-state index in [2.05, 4.69) is 54.9 Å². The van der Waals surface area contributed by atoms with Gasteiger partial charge in [0.2, 0.25) is 0 Å². The van der Waals surface area contributed by atoms with Crippen molar-refractivity contribution in [3.63, 3.8) is 0 Å². The minimum Gasteiger partial charge on any atom is -0.342 e. The molecule has 3 aromatic carbocycles. The van der Waals surface area contributed by atoms with Crippen molar-refractivity contribution in [3.8, 4) is 0 Å². The molecule has 4 aromatic rings. The maximum atomic E-state index is 13.5. The molecule has 2 heterocycles. The lowest BCUT2D eigenvalue weighted by Gasteiger charge is -2.26. The summed E-state index contributed by atoms with van der Waals surface area (Å²) in [4.78, 5) is 40.0. The number of anilines is 1. The number of carbonyl (C=O) groups excluding carboxylic acids is 3. The van der Waals surface area contributed by atoms with Gasteiger partial charge in [0.1, 0.15) is 5.57 Å². The van der Waals surface area contributed by atoms with Crippen molar-refractivity contribution in [2.45, 2.75) is 39.7 Å². The molecule has 1 N–H and O–H groups in total. The van der Waals surface area contributed by atoms with Crippen LogP contribution in [0.15, 0.2) is 84.6 Å². The van der Waals surface area contributed by atoms with Crippen molar-refractivity contribution in [1.29, 1.82) is 0 Å². The van der Waals surface area contributed by atoms with Crippen LogP contribution in [0.3, 0.4) is 0 Å². The van der Waals surface area contributed by atoms with Gasteiger partial charge >= 0.3 is 6.03 Å². The van der Waals surface area contributed by atoms with Gasteiger partial charge in [-0.1, -0.05) is 74.0 Å². The number of hydrogen-bond donors (Lipinski definition) is 1. The molecular weight excluding hydrogens is 462 g/mol.